The number of halogens is 1. The lowest BCUT2D eigenvalue weighted by Gasteiger charge is -2.03. The zero-order valence-corrected chi connectivity index (χ0v) is 9.99. The van der Waals surface area contributed by atoms with Crippen molar-refractivity contribution in [3.8, 4) is 0 Å². The number of nitrogens with zero attached hydrogens (tertiary/aromatic N) is 2. The first-order valence-electron chi connectivity index (χ1n) is 4.67. The van der Waals surface area contributed by atoms with Crippen LogP contribution in [0.25, 0.3) is 0 Å². The van der Waals surface area contributed by atoms with E-state index in [1.165, 1.54) is 18.2 Å². The van der Waals surface area contributed by atoms with Crippen LogP contribution >= 0.6 is 11.6 Å². The fraction of sp³-hybridized carbons (Fsp3) is 0.200. The Morgan fingerprint density at radius 3 is 2.71 bits per heavy atom. The molecule has 1 heterocycles. The van der Waals surface area contributed by atoms with E-state index < -0.39 is 10.8 Å². The number of aromatic nitrogens is 1. The van der Waals surface area contributed by atoms with E-state index in [1.807, 2.05) is 0 Å². The highest BCUT2D eigenvalue weighted by atomic mass is 35.5. The van der Waals surface area contributed by atoms with Gasteiger partial charge in [-0.1, -0.05) is 17.2 Å². The number of hydrogen-bond acceptors (Lipinski definition) is 4. The van der Waals surface area contributed by atoms with E-state index in [-0.39, 0.29) is 16.7 Å². The minimum Gasteiger partial charge on any atom is -0.301 e. The van der Waals surface area contributed by atoms with Crippen molar-refractivity contribution in [3.05, 3.63) is 39.0 Å². The van der Waals surface area contributed by atoms with Gasteiger partial charge in [0.25, 0.3) is 0 Å². The number of carbonyl (C=O) groups excluding carboxylic acids is 1. The van der Waals surface area contributed by atoms with Gasteiger partial charge in [0.05, 0.1) is 4.92 Å². The molecular formula is C10H10ClN3O3. The highest BCUT2D eigenvalue weighted by Gasteiger charge is 2.17. The zero-order valence-electron chi connectivity index (χ0n) is 9.23. The molecule has 0 aliphatic rings. The van der Waals surface area contributed by atoms with Crippen LogP contribution in [0.3, 0.4) is 0 Å². The highest BCUT2D eigenvalue weighted by molar-refractivity contribution is 6.29. The van der Waals surface area contributed by atoms with E-state index in [0.717, 1.165) is 5.57 Å². The number of carbonyl (C=O) groups is 1. The van der Waals surface area contributed by atoms with Gasteiger partial charge in [-0.15, -0.1) is 0 Å². The fourth-order valence-electron chi connectivity index (χ4n) is 1.08. The molecule has 0 saturated carbocycles. The molecule has 6 nitrogen and oxygen atoms in total. The number of hydrogen-bond donors (Lipinski definition) is 1. The molecule has 17 heavy (non-hydrogen) atoms. The summed E-state index contributed by atoms with van der Waals surface area (Å²) in [4.78, 5) is 25.2. The highest BCUT2D eigenvalue weighted by Crippen LogP contribution is 2.23. The molecule has 0 aliphatic carbocycles. The molecule has 1 aromatic rings. The molecule has 0 unspecified atom stereocenters. The van der Waals surface area contributed by atoms with Crippen LogP contribution in [0.1, 0.15) is 13.8 Å². The molecule has 0 saturated heterocycles. The number of nitro groups is 1. The van der Waals surface area contributed by atoms with Gasteiger partial charge < -0.3 is 5.32 Å². The summed E-state index contributed by atoms with van der Waals surface area (Å²) >= 11 is 5.61. The second kappa shape index (κ2) is 5.40. The fourth-order valence-corrected chi connectivity index (χ4v) is 1.23. The van der Waals surface area contributed by atoms with Gasteiger partial charge in [-0.2, -0.15) is 0 Å². The Hall–Kier alpha value is -1.95. The largest absolute Gasteiger partial charge is 0.311 e. The maximum Gasteiger partial charge on any atom is 0.311 e. The minimum atomic E-state index is -0.637. The van der Waals surface area contributed by atoms with Crippen LogP contribution < -0.4 is 5.32 Å². The Balaban J connectivity index is 3.04. The summed E-state index contributed by atoms with van der Waals surface area (Å²) < 4.78 is 0. The third-order valence-electron chi connectivity index (χ3n) is 1.70. The van der Waals surface area contributed by atoms with Gasteiger partial charge in [-0.3, -0.25) is 14.9 Å². The van der Waals surface area contributed by atoms with E-state index in [4.69, 9.17) is 11.6 Å². The molecule has 90 valence electrons. The smallest absolute Gasteiger partial charge is 0.301 e. The Labute approximate surface area is 102 Å². The molecule has 0 aliphatic heterocycles. The first-order chi connectivity index (χ1) is 7.90. The maximum atomic E-state index is 11.4. The average molecular weight is 256 g/mol. The summed E-state index contributed by atoms with van der Waals surface area (Å²) in [5.41, 5.74) is 0.470. The number of anilines is 1. The van der Waals surface area contributed by atoms with Crippen LogP contribution in [0.5, 0.6) is 0 Å². The molecule has 0 fully saturated rings. The van der Waals surface area contributed by atoms with Crippen LogP contribution in [0.2, 0.25) is 5.15 Å². The standard InChI is InChI=1S/C10H10ClN3O3/c1-6(2)5-9(15)13-10-7(14(16)17)3-4-8(11)12-10/h3-5H,1-2H3,(H,12,13,15). The lowest BCUT2D eigenvalue weighted by Crippen LogP contribution is -2.11. The van der Waals surface area contributed by atoms with Crippen LogP contribution in [0, 0.1) is 10.1 Å². The number of allylic oxidation sites excluding steroid dienone is 1. The summed E-state index contributed by atoms with van der Waals surface area (Å²) in [6.45, 7) is 3.47. The maximum absolute atomic E-state index is 11.4. The Bertz CT molecular complexity index is 496. The van der Waals surface area contributed by atoms with Crippen molar-refractivity contribution in [2.45, 2.75) is 13.8 Å². The summed E-state index contributed by atoms with van der Waals surface area (Å²) in [5.74, 6) is -0.645. The Morgan fingerprint density at radius 1 is 1.53 bits per heavy atom. The lowest BCUT2D eigenvalue weighted by molar-refractivity contribution is -0.384. The first kappa shape index (κ1) is 13.1. The summed E-state index contributed by atoms with van der Waals surface area (Å²) in [6, 6.07) is 2.48. The van der Waals surface area contributed by atoms with Gasteiger partial charge >= 0.3 is 5.69 Å². The summed E-state index contributed by atoms with van der Waals surface area (Å²) in [6.07, 6.45) is 1.31. The number of pyridine rings is 1. The first-order valence-corrected chi connectivity index (χ1v) is 5.05. The third-order valence-corrected chi connectivity index (χ3v) is 1.91. The van der Waals surface area contributed by atoms with Crippen LogP contribution in [0.4, 0.5) is 11.5 Å². The number of amides is 1. The molecular weight excluding hydrogens is 246 g/mol. The molecule has 1 rings (SSSR count). The molecule has 0 radical (unpaired) electrons. The second-order valence-corrected chi connectivity index (χ2v) is 3.86. The van der Waals surface area contributed by atoms with Gasteiger partial charge in [0, 0.05) is 12.1 Å². The summed E-state index contributed by atoms with van der Waals surface area (Å²) in [5, 5.41) is 13.1. The molecule has 0 bridgehead atoms. The summed E-state index contributed by atoms with van der Waals surface area (Å²) in [7, 11) is 0. The number of rotatable bonds is 3. The quantitative estimate of drug-likeness (QED) is 0.389. The van der Waals surface area contributed by atoms with Crippen molar-refractivity contribution in [2.24, 2.45) is 0 Å². The van der Waals surface area contributed by atoms with Crippen molar-refractivity contribution in [1.29, 1.82) is 0 Å². The van der Waals surface area contributed by atoms with Gasteiger partial charge in [-0.25, -0.2) is 4.98 Å². The monoisotopic (exact) mass is 255 g/mol. The van der Waals surface area contributed by atoms with Crippen molar-refractivity contribution in [3.63, 3.8) is 0 Å². The van der Waals surface area contributed by atoms with Crippen molar-refractivity contribution in [2.75, 3.05) is 5.32 Å². The van der Waals surface area contributed by atoms with Gasteiger partial charge in [-0.05, 0) is 19.9 Å². The normalized spacial score (nSPS) is 9.59. The van der Waals surface area contributed by atoms with Gasteiger partial charge in [0.2, 0.25) is 11.7 Å². The molecule has 1 N–H and O–H groups in total. The van der Waals surface area contributed by atoms with E-state index >= 15 is 0 Å². The predicted octanol–water partition coefficient (Wildman–Crippen LogP) is 2.55. The van der Waals surface area contributed by atoms with Gasteiger partial charge in [0.1, 0.15) is 5.15 Å². The second-order valence-electron chi connectivity index (χ2n) is 3.47. The zero-order chi connectivity index (χ0) is 13.0. The Morgan fingerprint density at radius 2 is 2.18 bits per heavy atom. The van der Waals surface area contributed by atoms with E-state index in [2.05, 4.69) is 10.3 Å². The molecule has 0 aromatic carbocycles. The topological polar surface area (TPSA) is 85.1 Å². The van der Waals surface area contributed by atoms with Crippen molar-refractivity contribution >= 4 is 29.0 Å². The van der Waals surface area contributed by atoms with Crippen LogP contribution in [-0.4, -0.2) is 15.8 Å². The minimum absolute atomic E-state index is 0.0723. The molecule has 0 atom stereocenters. The lowest BCUT2D eigenvalue weighted by atomic mass is 10.3. The number of nitrogens with one attached hydrogen (secondary N) is 1. The van der Waals surface area contributed by atoms with Crippen LogP contribution in [-0.2, 0) is 4.79 Å². The molecule has 7 heteroatoms. The van der Waals surface area contributed by atoms with Crippen molar-refractivity contribution in [1.82, 2.24) is 4.98 Å². The average Bonchev–Trinajstić information content (AvgIpc) is 2.15. The van der Waals surface area contributed by atoms with Crippen LogP contribution in [0.15, 0.2) is 23.8 Å². The van der Waals surface area contributed by atoms with E-state index in [1.54, 1.807) is 13.8 Å². The van der Waals surface area contributed by atoms with Gasteiger partial charge in [0.15, 0.2) is 0 Å². The molecule has 1 amide bonds. The molecule has 0 spiro atoms. The van der Waals surface area contributed by atoms with Crippen molar-refractivity contribution < 1.29 is 9.72 Å². The predicted molar refractivity (Wildman–Crippen MR) is 64.0 cm³/mol. The molecule has 1 aromatic heterocycles. The SMILES string of the molecule is CC(C)=CC(=O)Nc1nc(Cl)ccc1[N+](=O)[O-]. The van der Waals surface area contributed by atoms with E-state index in [0.29, 0.717) is 0 Å². The Kier molecular flexibility index (Phi) is 4.17. The van der Waals surface area contributed by atoms with E-state index in [9.17, 15) is 14.9 Å². The third kappa shape index (κ3) is 3.84.